The number of amides is 1. The molecule has 0 aromatic heterocycles. The van der Waals surface area contributed by atoms with Crippen LogP contribution in [0.5, 0.6) is 5.75 Å². The molecule has 19 heavy (non-hydrogen) atoms. The topological polar surface area (TPSA) is 50.4 Å². The number of benzene rings is 1. The van der Waals surface area contributed by atoms with Crippen molar-refractivity contribution in [3.63, 3.8) is 0 Å². The number of rotatable bonds is 6. The third-order valence-corrected chi connectivity index (χ3v) is 2.47. The lowest BCUT2D eigenvalue weighted by Crippen LogP contribution is -2.28. The molecule has 108 valence electrons. The highest BCUT2D eigenvalue weighted by Crippen LogP contribution is 2.25. The predicted molar refractivity (Wildman–Crippen MR) is 81.2 cm³/mol. The maximum Gasteiger partial charge on any atom is 0.228 e. The molecule has 5 heteroatoms. The fraction of sp³-hybridized carbons (Fsp3) is 0.500. The number of hydrogen-bond acceptors (Lipinski definition) is 3. The van der Waals surface area contributed by atoms with E-state index in [1.807, 2.05) is 52.1 Å². The first-order valence-corrected chi connectivity index (χ1v) is 6.25. The lowest BCUT2D eigenvalue weighted by Gasteiger charge is -2.16. The van der Waals surface area contributed by atoms with E-state index in [0.717, 1.165) is 5.69 Å². The van der Waals surface area contributed by atoms with Crippen LogP contribution in [-0.2, 0) is 4.79 Å². The van der Waals surface area contributed by atoms with Gasteiger partial charge < -0.3 is 15.4 Å². The Hall–Kier alpha value is -1.26. The van der Waals surface area contributed by atoms with E-state index in [0.29, 0.717) is 12.3 Å². The van der Waals surface area contributed by atoms with Crippen LogP contribution in [0, 0.1) is 5.92 Å². The highest BCUT2D eigenvalue weighted by Gasteiger charge is 2.14. The lowest BCUT2D eigenvalue weighted by molar-refractivity contribution is -0.119. The Bertz CT molecular complexity index is 397. The molecule has 1 aromatic carbocycles. The fourth-order valence-electron chi connectivity index (χ4n) is 1.58. The zero-order valence-corrected chi connectivity index (χ0v) is 12.7. The number of anilines is 1. The molecule has 0 saturated heterocycles. The summed E-state index contributed by atoms with van der Waals surface area (Å²) in [7, 11) is 1.83. The Morgan fingerprint density at radius 3 is 2.47 bits per heavy atom. The number of nitrogens with one attached hydrogen (secondary N) is 2. The summed E-state index contributed by atoms with van der Waals surface area (Å²) in [6, 6.07) is 7.48. The number of ether oxygens (including phenoxy) is 1. The molecule has 0 heterocycles. The smallest absolute Gasteiger partial charge is 0.228 e. The van der Waals surface area contributed by atoms with Crippen LogP contribution in [0.15, 0.2) is 24.3 Å². The third kappa shape index (κ3) is 5.94. The van der Waals surface area contributed by atoms with Crippen LogP contribution in [0.2, 0.25) is 0 Å². The van der Waals surface area contributed by atoms with Gasteiger partial charge in [0, 0.05) is 12.5 Å². The molecule has 0 aliphatic heterocycles. The first-order valence-electron chi connectivity index (χ1n) is 6.25. The second-order valence-corrected chi connectivity index (χ2v) is 4.61. The van der Waals surface area contributed by atoms with Crippen molar-refractivity contribution in [2.24, 2.45) is 5.92 Å². The van der Waals surface area contributed by atoms with Crippen molar-refractivity contribution in [2.45, 2.75) is 26.9 Å². The summed E-state index contributed by atoms with van der Waals surface area (Å²) in [5.41, 5.74) is 0.721. The second-order valence-electron chi connectivity index (χ2n) is 4.61. The van der Waals surface area contributed by atoms with E-state index in [9.17, 15) is 4.79 Å². The summed E-state index contributed by atoms with van der Waals surface area (Å²) in [5, 5.41) is 5.89. The van der Waals surface area contributed by atoms with Crippen molar-refractivity contribution < 1.29 is 9.53 Å². The summed E-state index contributed by atoms with van der Waals surface area (Å²) in [6.45, 7) is 6.46. The Morgan fingerprint density at radius 2 is 1.89 bits per heavy atom. The molecule has 1 aromatic rings. The van der Waals surface area contributed by atoms with E-state index < -0.39 is 0 Å². The van der Waals surface area contributed by atoms with Crippen molar-refractivity contribution in [1.82, 2.24) is 5.32 Å². The molecule has 0 saturated carbocycles. The quantitative estimate of drug-likeness (QED) is 0.845. The Labute approximate surface area is 121 Å². The van der Waals surface area contributed by atoms with Crippen molar-refractivity contribution in [1.29, 1.82) is 0 Å². The van der Waals surface area contributed by atoms with Crippen LogP contribution < -0.4 is 15.4 Å². The Kier molecular flexibility index (Phi) is 8.19. The Morgan fingerprint density at radius 1 is 1.26 bits per heavy atom. The number of carbonyl (C=O) groups excluding carboxylic acids is 1. The summed E-state index contributed by atoms with van der Waals surface area (Å²) >= 11 is 0. The van der Waals surface area contributed by atoms with E-state index in [1.54, 1.807) is 0 Å². The maximum absolute atomic E-state index is 11.9. The largest absolute Gasteiger partial charge is 0.489 e. The van der Waals surface area contributed by atoms with Gasteiger partial charge in [0.05, 0.1) is 11.8 Å². The van der Waals surface area contributed by atoms with Crippen LogP contribution in [0.4, 0.5) is 5.69 Å². The maximum atomic E-state index is 11.9. The number of para-hydroxylation sites is 2. The molecule has 0 bridgehead atoms. The van der Waals surface area contributed by atoms with E-state index in [1.165, 1.54) is 0 Å². The molecule has 4 nitrogen and oxygen atoms in total. The van der Waals surface area contributed by atoms with E-state index in [-0.39, 0.29) is 30.3 Å². The zero-order chi connectivity index (χ0) is 13.5. The highest BCUT2D eigenvalue weighted by atomic mass is 35.5. The van der Waals surface area contributed by atoms with Gasteiger partial charge in [0.2, 0.25) is 5.91 Å². The van der Waals surface area contributed by atoms with Crippen molar-refractivity contribution in [3.8, 4) is 5.75 Å². The van der Waals surface area contributed by atoms with Gasteiger partial charge in [-0.2, -0.15) is 0 Å². The van der Waals surface area contributed by atoms with Gasteiger partial charge in [-0.25, -0.2) is 0 Å². The molecule has 0 fully saturated rings. The molecule has 1 amide bonds. The minimum Gasteiger partial charge on any atom is -0.489 e. The van der Waals surface area contributed by atoms with Crippen molar-refractivity contribution >= 4 is 24.0 Å². The van der Waals surface area contributed by atoms with Gasteiger partial charge in [0.25, 0.3) is 0 Å². The van der Waals surface area contributed by atoms with E-state index in [4.69, 9.17) is 4.74 Å². The molecule has 0 spiro atoms. The highest BCUT2D eigenvalue weighted by molar-refractivity contribution is 5.93. The second kappa shape index (κ2) is 8.77. The van der Waals surface area contributed by atoms with Crippen LogP contribution in [0.25, 0.3) is 0 Å². The summed E-state index contributed by atoms with van der Waals surface area (Å²) in [5.74, 6) is 0.615. The standard InChI is InChI=1S/C14H22N2O2.ClH/c1-10(2)18-13-8-6-5-7-12(13)16-14(17)11(3)9-15-4;/h5-8,10-11,15H,9H2,1-4H3,(H,16,17);1H. The monoisotopic (exact) mass is 286 g/mol. The average Bonchev–Trinajstić information content (AvgIpc) is 2.31. The fourth-order valence-corrected chi connectivity index (χ4v) is 1.58. The zero-order valence-electron chi connectivity index (χ0n) is 11.9. The molecule has 0 radical (unpaired) electrons. The minimum atomic E-state index is -0.0814. The SMILES string of the molecule is CNCC(C)C(=O)Nc1ccccc1OC(C)C.Cl. The molecule has 1 rings (SSSR count). The van der Waals surface area contributed by atoms with Crippen LogP contribution in [0.3, 0.4) is 0 Å². The van der Waals surface area contributed by atoms with Gasteiger partial charge in [0.1, 0.15) is 5.75 Å². The van der Waals surface area contributed by atoms with Crippen LogP contribution in [0.1, 0.15) is 20.8 Å². The summed E-state index contributed by atoms with van der Waals surface area (Å²) in [4.78, 5) is 11.9. The molecular formula is C14H23ClN2O2. The first kappa shape index (κ1) is 17.7. The number of carbonyl (C=O) groups is 1. The van der Waals surface area contributed by atoms with Crippen molar-refractivity contribution in [2.75, 3.05) is 18.9 Å². The molecule has 2 N–H and O–H groups in total. The summed E-state index contributed by atoms with van der Waals surface area (Å²) < 4.78 is 5.66. The average molecular weight is 287 g/mol. The summed E-state index contributed by atoms with van der Waals surface area (Å²) in [6.07, 6.45) is 0.0813. The normalized spacial score (nSPS) is 11.6. The van der Waals surface area contributed by atoms with Crippen LogP contribution in [-0.4, -0.2) is 25.6 Å². The van der Waals surface area contributed by atoms with E-state index in [2.05, 4.69) is 10.6 Å². The van der Waals surface area contributed by atoms with Crippen LogP contribution >= 0.6 is 12.4 Å². The van der Waals surface area contributed by atoms with Gasteiger partial charge >= 0.3 is 0 Å². The van der Waals surface area contributed by atoms with Crippen molar-refractivity contribution in [3.05, 3.63) is 24.3 Å². The molecule has 1 atom stereocenters. The number of halogens is 1. The van der Waals surface area contributed by atoms with Gasteiger partial charge in [-0.1, -0.05) is 19.1 Å². The predicted octanol–water partition coefficient (Wildman–Crippen LogP) is 2.69. The van der Waals surface area contributed by atoms with Gasteiger partial charge in [0.15, 0.2) is 0 Å². The molecule has 1 unspecified atom stereocenters. The minimum absolute atomic E-state index is 0. The van der Waals surface area contributed by atoms with Gasteiger partial charge in [-0.15, -0.1) is 12.4 Å². The molecule has 0 aliphatic carbocycles. The third-order valence-electron chi connectivity index (χ3n) is 2.47. The van der Waals surface area contributed by atoms with Gasteiger partial charge in [-0.05, 0) is 33.0 Å². The van der Waals surface area contributed by atoms with Gasteiger partial charge in [-0.3, -0.25) is 4.79 Å². The molecular weight excluding hydrogens is 264 g/mol. The first-order chi connectivity index (χ1) is 8.54. The molecule has 0 aliphatic rings. The van der Waals surface area contributed by atoms with E-state index >= 15 is 0 Å². The number of hydrogen-bond donors (Lipinski definition) is 2. The Balaban J connectivity index is 0.00000324. The lowest BCUT2D eigenvalue weighted by atomic mass is 10.1.